The number of phenols is 1. The van der Waals surface area contributed by atoms with Crippen LogP contribution in [0.2, 0.25) is 0 Å². The Morgan fingerprint density at radius 3 is 2.44 bits per heavy atom. The predicted molar refractivity (Wildman–Crippen MR) is 70.9 cm³/mol. The van der Waals surface area contributed by atoms with E-state index in [1.807, 2.05) is 30.3 Å². The smallest absolute Gasteiger partial charge is 0.167 e. The molecule has 0 radical (unpaired) electrons. The number of hydrogen-bond donors (Lipinski definition) is 2. The first-order valence-electron chi connectivity index (χ1n) is 5.47. The molecule has 0 saturated carbocycles. The van der Waals surface area contributed by atoms with Crippen LogP contribution in [-0.4, -0.2) is 17.9 Å². The van der Waals surface area contributed by atoms with Gasteiger partial charge in [0, 0.05) is 11.1 Å². The minimum absolute atomic E-state index is 0.0352. The molecule has 0 spiro atoms. The molecule has 0 amide bonds. The Kier molecular flexibility index (Phi) is 3.48. The fourth-order valence-electron chi connectivity index (χ4n) is 1.77. The van der Waals surface area contributed by atoms with Gasteiger partial charge in [-0.2, -0.15) is 5.10 Å². The van der Waals surface area contributed by atoms with Crippen molar-refractivity contribution in [2.75, 3.05) is 7.11 Å². The second kappa shape index (κ2) is 5.23. The number of phenolic OH excluding ortho intramolecular Hbond substituents is 1. The van der Waals surface area contributed by atoms with E-state index in [9.17, 15) is 5.11 Å². The molecule has 0 fully saturated rings. The number of methoxy groups -OCH3 is 1. The molecule has 0 atom stereocenters. The Morgan fingerprint density at radius 1 is 1.11 bits per heavy atom. The molecule has 0 heterocycles. The molecule has 3 N–H and O–H groups in total. The van der Waals surface area contributed by atoms with Gasteiger partial charge in [-0.25, -0.2) is 0 Å². The zero-order valence-electron chi connectivity index (χ0n) is 10.00. The average molecular weight is 242 g/mol. The van der Waals surface area contributed by atoms with Crippen LogP contribution in [0.4, 0.5) is 0 Å². The van der Waals surface area contributed by atoms with E-state index >= 15 is 0 Å². The third-order valence-corrected chi connectivity index (χ3v) is 2.65. The summed E-state index contributed by atoms with van der Waals surface area (Å²) >= 11 is 0. The quantitative estimate of drug-likeness (QED) is 0.492. The molecule has 92 valence electrons. The number of ether oxygens (including phenoxy) is 1. The molecule has 0 aliphatic rings. The minimum atomic E-state index is 0.0352. The van der Waals surface area contributed by atoms with Crippen molar-refractivity contribution in [2.24, 2.45) is 10.9 Å². The standard InChI is InChI=1S/C14H14N2O2/c1-18-12-9-5-8-11(14(12)17)13(16-15)10-6-3-2-4-7-10/h2-9,17H,15H2,1H3. The number of aromatic hydroxyl groups is 1. The molecule has 2 aromatic rings. The fraction of sp³-hybridized carbons (Fsp3) is 0.0714. The Balaban J connectivity index is 2.54. The van der Waals surface area contributed by atoms with Crippen LogP contribution in [0.15, 0.2) is 53.6 Å². The normalized spacial score (nSPS) is 11.3. The van der Waals surface area contributed by atoms with Gasteiger partial charge in [-0.1, -0.05) is 36.4 Å². The van der Waals surface area contributed by atoms with Crippen LogP contribution < -0.4 is 10.6 Å². The third kappa shape index (κ3) is 2.13. The van der Waals surface area contributed by atoms with Gasteiger partial charge in [0.25, 0.3) is 0 Å². The summed E-state index contributed by atoms with van der Waals surface area (Å²) in [6.07, 6.45) is 0. The monoisotopic (exact) mass is 242 g/mol. The van der Waals surface area contributed by atoms with Crippen LogP contribution in [0, 0.1) is 0 Å². The van der Waals surface area contributed by atoms with Gasteiger partial charge in [0.1, 0.15) is 5.71 Å². The lowest BCUT2D eigenvalue weighted by molar-refractivity contribution is 0.373. The summed E-state index contributed by atoms with van der Waals surface area (Å²) < 4.78 is 5.07. The maximum Gasteiger partial charge on any atom is 0.167 e. The predicted octanol–water partition coefficient (Wildman–Crippen LogP) is 2.11. The van der Waals surface area contributed by atoms with Gasteiger partial charge in [0.2, 0.25) is 0 Å². The molecule has 4 heteroatoms. The molecule has 0 aliphatic carbocycles. The highest BCUT2D eigenvalue weighted by molar-refractivity contribution is 6.14. The van der Waals surface area contributed by atoms with Gasteiger partial charge in [0.15, 0.2) is 11.5 Å². The maximum absolute atomic E-state index is 10.1. The van der Waals surface area contributed by atoms with E-state index in [0.29, 0.717) is 17.0 Å². The molecule has 0 unspecified atom stereocenters. The van der Waals surface area contributed by atoms with Crippen molar-refractivity contribution in [3.63, 3.8) is 0 Å². The Hall–Kier alpha value is -2.49. The van der Waals surface area contributed by atoms with Crippen LogP contribution in [0.1, 0.15) is 11.1 Å². The Labute approximate surface area is 105 Å². The fourth-order valence-corrected chi connectivity index (χ4v) is 1.77. The van der Waals surface area contributed by atoms with Gasteiger partial charge in [0.05, 0.1) is 7.11 Å². The lowest BCUT2D eigenvalue weighted by atomic mass is 10.0. The van der Waals surface area contributed by atoms with Crippen molar-refractivity contribution in [2.45, 2.75) is 0 Å². The summed E-state index contributed by atoms with van der Waals surface area (Å²) in [5.41, 5.74) is 1.90. The van der Waals surface area contributed by atoms with E-state index in [2.05, 4.69) is 5.10 Å². The number of hydrogen-bond acceptors (Lipinski definition) is 4. The Morgan fingerprint density at radius 2 is 1.83 bits per heavy atom. The van der Waals surface area contributed by atoms with Gasteiger partial charge in [-0.05, 0) is 12.1 Å². The van der Waals surface area contributed by atoms with E-state index in [1.165, 1.54) is 7.11 Å². The first-order valence-corrected chi connectivity index (χ1v) is 5.47. The molecular formula is C14H14N2O2. The first-order chi connectivity index (χ1) is 8.77. The zero-order chi connectivity index (χ0) is 13.0. The number of nitrogens with zero attached hydrogens (tertiary/aromatic N) is 1. The van der Waals surface area contributed by atoms with Gasteiger partial charge >= 0.3 is 0 Å². The molecule has 0 saturated heterocycles. The van der Waals surface area contributed by atoms with E-state index in [0.717, 1.165) is 5.56 Å². The molecule has 0 aliphatic heterocycles. The second-order valence-electron chi connectivity index (χ2n) is 3.70. The largest absolute Gasteiger partial charge is 0.504 e. The molecule has 4 nitrogen and oxygen atoms in total. The summed E-state index contributed by atoms with van der Waals surface area (Å²) in [7, 11) is 1.50. The van der Waals surface area contributed by atoms with Crippen molar-refractivity contribution in [3.8, 4) is 11.5 Å². The van der Waals surface area contributed by atoms with Gasteiger partial charge < -0.3 is 15.7 Å². The highest BCUT2D eigenvalue weighted by Crippen LogP contribution is 2.31. The lowest BCUT2D eigenvalue weighted by Gasteiger charge is -2.10. The number of nitrogens with two attached hydrogens (primary N) is 1. The third-order valence-electron chi connectivity index (χ3n) is 2.65. The van der Waals surface area contributed by atoms with Crippen LogP contribution in [0.3, 0.4) is 0 Å². The molecule has 0 aromatic heterocycles. The second-order valence-corrected chi connectivity index (χ2v) is 3.70. The van der Waals surface area contributed by atoms with E-state index < -0.39 is 0 Å². The minimum Gasteiger partial charge on any atom is -0.504 e. The number of rotatable bonds is 3. The van der Waals surface area contributed by atoms with E-state index in [4.69, 9.17) is 10.6 Å². The van der Waals surface area contributed by atoms with Crippen molar-refractivity contribution in [1.82, 2.24) is 0 Å². The highest BCUT2D eigenvalue weighted by Gasteiger charge is 2.14. The first kappa shape index (κ1) is 12.0. The van der Waals surface area contributed by atoms with E-state index in [1.54, 1.807) is 18.2 Å². The topological polar surface area (TPSA) is 67.8 Å². The highest BCUT2D eigenvalue weighted by atomic mass is 16.5. The molecular weight excluding hydrogens is 228 g/mol. The van der Waals surface area contributed by atoms with Gasteiger partial charge in [-0.15, -0.1) is 0 Å². The van der Waals surface area contributed by atoms with E-state index in [-0.39, 0.29) is 5.75 Å². The van der Waals surface area contributed by atoms with Crippen molar-refractivity contribution >= 4 is 5.71 Å². The van der Waals surface area contributed by atoms with Crippen molar-refractivity contribution < 1.29 is 9.84 Å². The number of para-hydroxylation sites is 1. The van der Waals surface area contributed by atoms with Crippen LogP contribution in [0.5, 0.6) is 11.5 Å². The molecule has 2 rings (SSSR count). The lowest BCUT2D eigenvalue weighted by Crippen LogP contribution is -2.07. The molecule has 0 bridgehead atoms. The summed E-state index contributed by atoms with van der Waals surface area (Å²) in [6, 6.07) is 14.6. The maximum atomic E-state index is 10.1. The molecule has 18 heavy (non-hydrogen) atoms. The van der Waals surface area contributed by atoms with Crippen molar-refractivity contribution in [1.29, 1.82) is 0 Å². The summed E-state index contributed by atoms with van der Waals surface area (Å²) in [5, 5.41) is 13.9. The van der Waals surface area contributed by atoms with Crippen LogP contribution in [-0.2, 0) is 0 Å². The summed E-state index contributed by atoms with van der Waals surface area (Å²) in [6.45, 7) is 0. The summed E-state index contributed by atoms with van der Waals surface area (Å²) in [5.74, 6) is 5.86. The van der Waals surface area contributed by atoms with Crippen LogP contribution >= 0.6 is 0 Å². The molecule has 2 aromatic carbocycles. The number of hydrazone groups is 1. The average Bonchev–Trinajstić information content (AvgIpc) is 2.43. The van der Waals surface area contributed by atoms with Gasteiger partial charge in [-0.3, -0.25) is 0 Å². The summed E-state index contributed by atoms with van der Waals surface area (Å²) in [4.78, 5) is 0. The number of benzene rings is 2. The van der Waals surface area contributed by atoms with Crippen molar-refractivity contribution in [3.05, 3.63) is 59.7 Å². The SMILES string of the molecule is COc1cccc(C(=NN)c2ccccc2)c1O. The Bertz CT molecular complexity index is 565. The van der Waals surface area contributed by atoms with Crippen LogP contribution in [0.25, 0.3) is 0 Å². The zero-order valence-corrected chi connectivity index (χ0v) is 10.00.